The maximum absolute atomic E-state index is 6.27. The van der Waals surface area contributed by atoms with E-state index in [0.29, 0.717) is 12.5 Å². The van der Waals surface area contributed by atoms with Gasteiger partial charge in [-0.3, -0.25) is 0 Å². The molecule has 1 aliphatic rings. The molecule has 5 aromatic carbocycles. The number of hydrogen-bond acceptors (Lipinski definition) is 3. The van der Waals surface area contributed by atoms with Crippen molar-refractivity contribution >= 4 is 10.8 Å². The highest BCUT2D eigenvalue weighted by Gasteiger charge is 2.46. The molecule has 1 aliphatic carbocycles. The van der Waals surface area contributed by atoms with Crippen molar-refractivity contribution in [3.63, 3.8) is 0 Å². The first kappa shape index (κ1) is 26.0. The van der Waals surface area contributed by atoms with E-state index in [-0.39, 0.29) is 6.10 Å². The minimum absolute atomic E-state index is 0.137. The zero-order valence-electron chi connectivity index (χ0n) is 23.9. The molecule has 0 aliphatic heterocycles. The van der Waals surface area contributed by atoms with Crippen LogP contribution in [0, 0.1) is 5.92 Å². The van der Waals surface area contributed by atoms with Gasteiger partial charge in [0.25, 0.3) is 0 Å². The van der Waals surface area contributed by atoms with E-state index in [4.69, 9.17) is 14.2 Å². The predicted octanol–water partition coefficient (Wildman–Crippen LogP) is 9.03. The van der Waals surface area contributed by atoms with Crippen molar-refractivity contribution < 1.29 is 14.2 Å². The molecule has 40 heavy (non-hydrogen) atoms. The number of hydrogen-bond donors (Lipinski definition) is 0. The summed E-state index contributed by atoms with van der Waals surface area (Å²) in [6.45, 7) is 9.15. The molecule has 0 saturated carbocycles. The molecule has 0 saturated heterocycles. The molecule has 0 heterocycles. The fourth-order valence-electron chi connectivity index (χ4n) is 6.01. The van der Waals surface area contributed by atoms with Crippen molar-refractivity contribution in [2.24, 2.45) is 5.92 Å². The number of fused-ring (bicyclic) bond motifs is 4. The predicted molar refractivity (Wildman–Crippen MR) is 164 cm³/mol. The molecule has 6 rings (SSSR count). The Morgan fingerprint density at radius 3 is 1.80 bits per heavy atom. The Kier molecular flexibility index (Phi) is 6.75. The van der Waals surface area contributed by atoms with Gasteiger partial charge in [-0.2, -0.15) is 0 Å². The smallest absolute Gasteiger partial charge is 0.119 e. The Morgan fingerprint density at radius 1 is 0.625 bits per heavy atom. The van der Waals surface area contributed by atoms with Gasteiger partial charge in [0, 0.05) is 0 Å². The molecule has 0 aromatic heterocycles. The molecular formula is C37H36O3. The molecule has 202 valence electrons. The molecular weight excluding hydrogens is 492 g/mol. The summed E-state index contributed by atoms with van der Waals surface area (Å²) in [5, 5.41) is 2.45. The maximum atomic E-state index is 6.27. The Bertz CT molecular complexity index is 1650. The van der Waals surface area contributed by atoms with Gasteiger partial charge in [-0.25, -0.2) is 0 Å². The molecule has 5 aromatic rings. The lowest BCUT2D eigenvalue weighted by atomic mass is 9.67. The standard InChI is InChI=1S/C37H36O3/c1-6-39-30-15-11-28(12-16-30)37(29-13-17-31(18-14-29)40-25(4)24(2)3)35-20-19-32(38-5)23-34(35)33-21-26-9-7-8-10-27(26)22-36(33)37/h7-25H,6H2,1-5H3. The summed E-state index contributed by atoms with van der Waals surface area (Å²) in [4.78, 5) is 0. The van der Waals surface area contributed by atoms with Crippen LogP contribution in [0.5, 0.6) is 17.2 Å². The van der Waals surface area contributed by atoms with Crippen LogP contribution in [-0.4, -0.2) is 19.8 Å². The summed E-state index contributed by atoms with van der Waals surface area (Å²) in [6.07, 6.45) is 0.137. The molecule has 0 amide bonds. The summed E-state index contributed by atoms with van der Waals surface area (Å²) in [5.41, 5.74) is 6.81. The fraction of sp³-hybridized carbons (Fsp3) is 0.243. The third-order valence-corrected chi connectivity index (χ3v) is 8.36. The van der Waals surface area contributed by atoms with E-state index in [0.717, 1.165) is 17.2 Å². The lowest BCUT2D eigenvalue weighted by Crippen LogP contribution is -2.28. The zero-order valence-corrected chi connectivity index (χ0v) is 23.9. The topological polar surface area (TPSA) is 27.7 Å². The van der Waals surface area contributed by atoms with Crippen molar-refractivity contribution in [3.8, 4) is 28.4 Å². The van der Waals surface area contributed by atoms with Gasteiger partial charge in [-0.1, -0.05) is 68.4 Å². The van der Waals surface area contributed by atoms with Crippen LogP contribution in [0.25, 0.3) is 21.9 Å². The molecule has 3 nitrogen and oxygen atoms in total. The molecule has 2 atom stereocenters. The van der Waals surface area contributed by atoms with E-state index in [1.807, 2.05) is 6.92 Å². The lowest BCUT2D eigenvalue weighted by molar-refractivity contribution is 0.170. The molecule has 0 fully saturated rings. The van der Waals surface area contributed by atoms with Gasteiger partial charge in [-0.15, -0.1) is 0 Å². The average molecular weight is 529 g/mol. The molecule has 2 unspecified atom stereocenters. The molecule has 0 spiro atoms. The second-order valence-corrected chi connectivity index (χ2v) is 11.0. The van der Waals surface area contributed by atoms with Gasteiger partial charge in [0.2, 0.25) is 0 Å². The van der Waals surface area contributed by atoms with Crippen LogP contribution in [0.3, 0.4) is 0 Å². The van der Waals surface area contributed by atoms with Crippen LogP contribution < -0.4 is 14.2 Å². The van der Waals surface area contributed by atoms with Crippen LogP contribution in [0.2, 0.25) is 0 Å². The van der Waals surface area contributed by atoms with E-state index >= 15 is 0 Å². The van der Waals surface area contributed by atoms with Gasteiger partial charge in [0.1, 0.15) is 17.2 Å². The first-order valence-electron chi connectivity index (χ1n) is 14.2. The van der Waals surface area contributed by atoms with Gasteiger partial charge >= 0.3 is 0 Å². The Hall–Kier alpha value is -4.24. The molecule has 0 radical (unpaired) electrons. The maximum Gasteiger partial charge on any atom is 0.119 e. The molecule has 0 bridgehead atoms. The van der Waals surface area contributed by atoms with Gasteiger partial charge in [0.15, 0.2) is 0 Å². The molecule has 3 heteroatoms. The van der Waals surface area contributed by atoms with Crippen LogP contribution in [-0.2, 0) is 5.41 Å². The van der Waals surface area contributed by atoms with E-state index in [1.54, 1.807) is 7.11 Å². The zero-order chi connectivity index (χ0) is 27.9. The SMILES string of the molecule is CCOc1ccc(C2(c3ccc(OC(C)C(C)C)cc3)c3ccc(OC)cc3-c3cc4ccccc4cc32)cc1. The highest BCUT2D eigenvalue weighted by molar-refractivity contribution is 5.96. The highest BCUT2D eigenvalue weighted by Crippen LogP contribution is 2.57. The summed E-state index contributed by atoms with van der Waals surface area (Å²) >= 11 is 0. The van der Waals surface area contributed by atoms with E-state index in [2.05, 4.69) is 124 Å². The summed E-state index contributed by atoms with van der Waals surface area (Å²) < 4.78 is 17.8. The van der Waals surface area contributed by atoms with Crippen molar-refractivity contribution in [2.45, 2.75) is 39.2 Å². The van der Waals surface area contributed by atoms with Crippen molar-refractivity contribution in [1.29, 1.82) is 0 Å². The van der Waals surface area contributed by atoms with Crippen molar-refractivity contribution in [3.05, 3.63) is 125 Å². The van der Waals surface area contributed by atoms with Crippen molar-refractivity contribution in [2.75, 3.05) is 13.7 Å². The Labute approximate surface area is 237 Å². The largest absolute Gasteiger partial charge is 0.497 e. The van der Waals surface area contributed by atoms with Gasteiger partial charge < -0.3 is 14.2 Å². The van der Waals surface area contributed by atoms with Crippen LogP contribution in [0.1, 0.15) is 49.9 Å². The second kappa shape index (κ2) is 10.4. The number of benzene rings is 5. The van der Waals surface area contributed by atoms with Gasteiger partial charge in [-0.05, 0) is 112 Å². The molecule has 0 N–H and O–H groups in total. The van der Waals surface area contributed by atoms with E-state index < -0.39 is 5.41 Å². The summed E-state index contributed by atoms with van der Waals surface area (Å²) in [7, 11) is 1.73. The number of rotatable bonds is 8. The average Bonchev–Trinajstić information content (AvgIpc) is 3.26. The first-order valence-corrected chi connectivity index (χ1v) is 14.2. The fourth-order valence-corrected chi connectivity index (χ4v) is 6.01. The Balaban J connectivity index is 1.64. The number of methoxy groups -OCH3 is 1. The monoisotopic (exact) mass is 528 g/mol. The number of ether oxygens (including phenoxy) is 3. The summed E-state index contributed by atoms with van der Waals surface area (Å²) in [6, 6.07) is 37.1. The third-order valence-electron chi connectivity index (χ3n) is 8.36. The normalized spacial score (nSPS) is 16.4. The van der Waals surface area contributed by atoms with Gasteiger partial charge in [0.05, 0.1) is 25.2 Å². The van der Waals surface area contributed by atoms with E-state index in [9.17, 15) is 0 Å². The second-order valence-electron chi connectivity index (χ2n) is 11.0. The van der Waals surface area contributed by atoms with Crippen LogP contribution in [0.4, 0.5) is 0 Å². The van der Waals surface area contributed by atoms with Crippen molar-refractivity contribution in [1.82, 2.24) is 0 Å². The minimum atomic E-state index is -0.520. The van der Waals surface area contributed by atoms with Crippen LogP contribution >= 0.6 is 0 Å². The van der Waals surface area contributed by atoms with Crippen LogP contribution in [0.15, 0.2) is 103 Å². The highest BCUT2D eigenvalue weighted by atomic mass is 16.5. The first-order chi connectivity index (χ1) is 19.4. The Morgan fingerprint density at radius 2 is 1.20 bits per heavy atom. The lowest BCUT2D eigenvalue weighted by Gasteiger charge is -2.34. The minimum Gasteiger partial charge on any atom is -0.497 e. The van der Waals surface area contributed by atoms with E-state index in [1.165, 1.54) is 44.2 Å². The summed E-state index contributed by atoms with van der Waals surface area (Å²) in [5.74, 6) is 3.05. The quantitative estimate of drug-likeness (QED) is 0.197. The third kappa shape index (κ3) is 4.21.